The minimum Gasteiger partial charge on any atom is -0.411 e. The maximum Gasteiger partial charge on any atom is 0.0825 e. The smallest absolute Gasteiger partial charge is 0.0825 e. The lowest BCUT2D eigenvalue weighted by atomic mass is 10.4. The van der Waals surface area contributed by atoms with Gasteiger partial charge in [0.05, 0.1) is 18.0 Å². The predicted octanol–water partition coefficient (Wildman–Crippen LogP) is 1.35. The van der Waals surface area contributed by atoms with Crippen LogP contribution in [0.3, 0.4) is 0 Å². The van der Waals surface area contributed by atoms with Crippen molar-refractivity contribution in [3.05, 3.63) is 17.5 Å². The second kappa shape index (κ2) is 3.38. The standard InChI is InChI=1S/C8H13N3O/c1-6-4-8(3)11(9-6)5-7(2)10-12/h4,12H,5H2,1-3H3/b10-7+. The van der Waals surface area contributed by atoms with Crippen molar-refractivity contribution in [1.29, 1.82) is 0 Å². The molecule has 12 heavy (non-hydrogen) atoms. The Morgan fingerprint density at radius 1 is 1.67 bits per heavy atom. The van der Waals surface area contributed by atoms with Crippen LogP contribution in [0.5, 0.6) is 0 Å². The zero-order valence-electron chi connectivity index (χ0n) is 7.57. The number of aromatic nitrogens is 2. The number of oxime groups is 1. The summed E-state index contributed by atoms with van der Waals surface area (Å²) in [5, 5.41) is 15.8. The molecule has 0 unspecified atom stereocenters. The zero-order valence-corrected chi connectivity index (χ0v) is 7.57. The third kappa shape index (κ3) is 1.84. The molecule has 1 N–H and O–H groups in total. The third-order valence-corrected chi connectivity index (χ3v) is 1.65. The number of rotatable bonds is 2. The molecule has 66 valence electrons. The van der Waals surface area contributed by atoms with E-state index in [1.165, 1.54) is 0 Å². The lowest BCUT2D eigenvalue weighted by Crippen LogP contribution is -2.09. The van der Waals surface area contributed by atoms with Gasteiger partial charge in [0.15, 0.2) is 0 Å². The molecular weight excluding hydrogens is 154 g/mol. The van der Waals surface area contributed by atoms with Gasteiger partial charge in [0.2, 0.25) is 0 Å². The SMILES string of the molecule is C/C(Cn1nc(C)cc1C)=N\O. The fourth-order valence-electron chi connectivity index (χ4n) is 1.08. The first-order valence-corrected chi connectivity index (χ1v) is 3.82. The molecule has 0 aliphatic heterocycles. The molecule has 0 bridgehead atoms. The predicted molar refractivity (Wildman–Crippen MR) is 46.6 cm³/mol. The molecule has 0 saturated carbocycles. The quantitative estimate of drug-likeness (QED) is 0.410. The van der Waals surface area contributed by atoms with Gasteiger partial charge < -0.3 is 5.21 Å². The van der Waals surface area contributed by atoms with Crippen LogP contribution in [0, 0.1) is 13.8 Å². The summed E-state index contributed by atoms with van der Waals surface area (Å²) < 4.78 is 1.81. The fraction of sp³-hybridized carbons (Fsp3) is 0.500. The van der Waals surface area contributed by atoms with E-state index in [4.69, 9.17) is 5.21 Å². The Labute approximate surface area is 71.5 Å². The highest BCUT2D eigenvalue weighted by Gasteiger charge is 2.01. The molecule has 0 saturated heterocycles. The second-order valence-electron chi connectivity index (χ2n) is 2.92. The van der Waals surface area contributed by atoms with E-state index in [2.05, 4.69) is 10.3 Å². The molecule has 0 amide bonds. The largest absolute Gasteiger partial charge is 0.411 e. The first-order valence-electron chi connectivity index (χ1n) is 3.82. The van der Waals surface area contributed by atoms with E-state index in [1.807, 2.05) is 24.6 Å². The van der Waals surface area contributed by atoms with Gasteiger partial charge in [-0.05, 0) is 26.8 Å². The van der Waals surface area contributed by atoms with E-state index in [0.29, 0.717) is 12.3 Å². The van der Waals surface area contributed by atoms with Crippen molar-refractivity contribution in [2.75, 3.05) is 0 Å². The van der Waals surface area contributed by atoms with Gasteiger partial charge in [-0.25, -0.2) is 0 Å². The lowest BCUT2D eigenvalue weighted by molar-refractivity contribution is 0.316. The van der Waals surface area contributed by atoms with E-state index in [1.54, 1.807) is 6.92 Å². The van der Waals surface area contributed by atoms with E-state index in [9.17, 15) is 0 Å². The van der Waals surface area contributed by atoms with Crippen molar-refractivity contribution >= 4 is 5.71 Å². The van der Waals surface area contributed by atoms with Gasteiger partial charge in [0.1, 0.15) is 0 Å². The Morgan fingerprint density at radius 3 is 2.75 bits per heavy atom. The van der Waals surface area contributed by atoms with Gasteiger partial charge in [0.25, 0.3) is 0 Å². The van der Waals surface area contributed by atoms with Crippen LogP contribution in [0.15, 0.2) is 11.2 Å². The van der Waals surface area contributed by atoms with Gasteiger partial charge in [0, 0.05) is 5.69 Å². The molecule has 0 atom stereocenters. The molecule has 0 fully saturated rings. The summed E-state index contributed by atoms with van der Waals surface area (Å²) in [6, 6.07) is 1.99. The summed E-state index contributed by atoms with van der Waals surface area (Å²) in [6.45, 7) is 6.23. The average Bonchev–Trinajstić information content (AvgIpc) is 2.30. The first kappa shape index (κ1) is 8.77. The number of nitrogens with zero attached hydrogens (tertiary/aromatic N) is 3. The van der Waals surface area contributed by atoms with Crippen LogP contribution in [0.2, 0.25) is 0 Å². The maximum absolute atomic E-state index is 8.44. The minimum atomic E-state index is 0.552. The number of aryl methyl sites for hydroxylation is 2. The molecule has 0 spiro atoms. The summed E-state index contributed by atoms with van der Waals surface area (Å²) in [5.74, 6) is 0. The highest BCUT2D eigenvalue weighted by molar-refractivity contribution is 5.80. The Morgan fingerprint density at radius 2 is 2.33 bits per heavy atom. The van der Waals surface area contributed by atoms with Crippen LogP contribution in [0.25, 0.3) is 0 Å². The summed E-state index contributed by atoms with van der Waals surface area (Å²) in [4.78, 5) is 0. The summed E-state index contributed by atoms with van der Waals surface area (Å²) in [6.07, 6.45) is 0. The van der Waals surface area contributed by atoms with Crippen LogP contribution in [0.1, 0.15) is 18.3 Å². The molecule has 0 aliphatic carbocycles. The van der Waals surface area contributed by atoms with Crippen LogP contribution in [0.4, 0.5) is 0 Å². The number of hydrogen-bond donors (Lipinski definition) is 1. The fourth-order valence-corrected chi connectivity index (χ4v) is 1.08. The molecule has 1 aromatic heterocycles. The highest BCUT2D eigenvalue weighted by Crippen LogP contribution is 2.01. The summed E-state index contributed by atoms with van der Waals surface area (Å²) in [7, 11) is 0. The summed E-state index contributed by atoms with van der Waals surface area (Å²) >= 11 is 0. The van der Waals surface area contributed by atoms with Gasteiger partial charge in [-0.3, -0.25) is 4.68 Å². The van der Waals surface area contributed by atoms with E-state index in [-0.39, 0.29) is 0 Å². The molecule has 0 aromatic carbocycles. The third-order valence-electron chi connectivity index (χ3n) is 1.65. The van der Waals surface area contributed by atoms with Gasteiger partial charge in [-0.1, -0.05) is 5.16 Å². The van der Waals surface area contributed by atoms with Crippen LogP contribution in [-0.4, -0.2) is 20.7 Å². The number of hydrogen-bond acceptors (Lipinski definition) is 3. The summed E-state index contributed by atoms with van der Waals surface area (Å²) in [5.41, 5.74) is 2.72. The lowest BCUT2D eigenvalue weighted by Gasteiger charge is -2.01. The first-order chi connectivity index (χ1) is 5.63. The van der Waals surface area contributed by atoms with Gasteiger partial charge in [-0.2, -0.15) is 5.10 Å². The van der Waals surface area contributed by atoms with Crippen molar-refractivity contribution in [3.63, 3.8) is 0 Å². The van der Waals surface area contributed by atoms with Gasteiger partial charge in [-0.15, -0.1) is 0 Å². The van der Waals surface area contributed by atoms with E-state index in [0.717, 1.165) is 11.4 Å². The Balaban J connectivity index is 2.82. The van der Waals surface area contributed by atoms with Crippen LogP contribution in [-0.2, 0) is 6.54 Å². The van der Waals surface area contributed by atoms with Gasteiger partial charge >= 0.3 is 0 Å². The monoisotopic (exact) mass is 167 g/mol. The van der Waals surface area contributed by atoms with Crippen molar-refractivity contribution in [2.45, 2.75) is 27.3 Å². The molecule has 1 heterocycles. The van der Waals surface area contributed by atoms with Crippen molar-refractivity contribution in [2.24, 2.45) is 5.16 Å². The molecule has 4 nitrogen and oxygen atoms in total. The Kier molecular flexibility index (Phi) is 2.47. The molecule has 1 aromatic rings. The Bertz CT molecular complexity index is 301. The molecular formula is C8H13N3O. The van der Waals surface area contributed by atoms with E-state index >= 15 is 0 Å². The van der Waals surface area contributed by atoms with Crippen LogP contribution < -0.4 is 0 Å². The average molecular weight is 167 g/mol. The Hall–Kier alpha value is -1.32. The minimum absolute atomic E-state index is 0.552. The normalized spacial score (nSPS) is 12.1. The highest BCUT2D eigenvalue weighted by atomic mass is 16.4. The molecule has 1 rings (SSSR count). The molecule has 0 radical (unpaired) electrons. The topological polar surface area (TPSA) is 50.4 Å². The maximum atomic E-state index is 8.44. The van der Waals surface area contributed by atoms with E-state index < -0.39 is 0 Å². The molecule has 4 heteroatoms. The van der Waals surface area contributed by atoms with Crippen LogP contribution >= 0.6 is 0 Å². The second-order valence-corrected chi connectivity index (χ2v) is 2.92. The van der Waals surface area contributed by atoms with Crippen molar-refractivity contribution in [3.8, 4) is 0 Å². The molecule has 0 aliphatic rings. The van der Waals surface area contributed by atoms with Crippen molar-refractivity contribution < 1.29 is 5.21 Å². The zero-order chi connectivity index (χ0) is 9.14. The van der Waals surface area contributed by atoms with Crippen molar-refractivity contribution in [1.82, 2.24) is 9.78 Å².